The maximum absolute atomic E-state index is 13.6. The number of fused-ring (bicyclic) bond motifs is 1. The molecule has 0 fully saturated rings. The molecular formula is C29H27ClN2O3. The van der Waals surface area contributed by atoms with Crippen LogP contribution in [0, 0.1) is 20.8 Å². The van der Waals surface area contributed by atoms with Crippen molar-refractivity contribution in [3.05, 3.63) is 93.5 Å². The van der Waals surface area contributed by atoms with Gasteiger partial charge in [0, 0.05) is 21.7 Å². The summed E-state index contributed by atoms with van der Waals surface area (Å²) in [5.74, 6) is -0.615. The number of carbonyl (C=O) groups excluding carboxylic acids is 2. The smallest absolute Gasteiger partial charge is 0.338 e. The molecule has 0 aliphatic rings. The van der Waals surface area contributed by atoms with Gasteiger partial charge >= 0.3 is 5.97 Å². The van der Waals surface area contributed by atoms with E-state index in [1.807, 2.05) is 58.0 Å². The Balaban J connectivity index is 1.76. The van der Waals surface area contributed by atoms with E-state index in [0.717, 1.165) is 45.3 Å². The largest absolute Gasteiger partial charge is 0.462 e. The monoisotopic (exact) mass is 486 g/mol. The van der Waals surface area contributed by atoms with E-state index in [1.165, 1.54) is 0 Å². The van der Waals surface area contributed by atoms with Gasteiger partial charge < -0.3 is 10.1 Å². The fourth-order valence-corrected chi connectivity index (χ4v) is 4.28. The van der Waals surface area contributed by atoms with E-state index < -0.39 is 0 Å². The van der Waals surface area contributed by atoms with Crippen molar-refractivity contribution in [3.8, 4) is 11.3 Å². The Morgan fingerprint density at radius 2 is 1.66 bits per heavy atom. The van der Waals surface area contributed by atoms with Crippen molar-refractivity contribution < 1.29 is 14.3 Å². The summed E-state index contributed by atoms with van der Waals surface area (Å²) in [5, 5.41) is 4.43. The minimum Gasteiger partial charge on any atom is -0.462 e. The summed E-state index contributed by atoms with van der Waals surface area (Å²) in [5.41, 5.74) is 6.84. The first kappa shape index (κ1) is 24.4. The standard InChI is InChI=1S/C29H27ClN2O3/c1-5-14-35-29(34)21-8-12-23(13-9-21)31-28(33)25-19(4)27(20-6-10-22(30)11-7-20)32-26-18(3)15-17(2)16-24(25)26/h6-13,15-16H,5,14H2,1-4H3,(H,31,33). The van der Waals surface area contributed by atoms with Crippen LogP contribution in [0.2, 0.25) is 5.02 Å². The van der Waals surface area contributed by atoms with E-state index in [4.69, 9.17) is 21.3 Å². The van der Waals surface area contributed by atoms with Gasteiger partial charge in [-0.15, -0.1) is 0 Å². The van der Waals surface area contributed by atoms with Gasteiger partial charge in [-0.25, -0.2) is 9.78 Å². The molecule has 0 aliphatic heterocycles. The molecule has 1 heterocycles. The Labute approximate surface area is 210 Å². The van der Waals surface area contributed by atoms with Crippen LogP contribution < -0.4 is 5.32 Å². The van der Waals surface area contributed by atoms with E-state index in [2.05, 4.69) is 11.4 Å². The lowest BCUT2D eigenvalue weighted by atomic mass is 9.94. The number of nitrogens with one attached hydrogen (secondary N) is 1. The van der Waals surface area contributed by atoms with E-state index in [-0.39, 0.29) is 11.9 Å². The molecule has 0 saturated heterocycles. The van der Waals surface area contributed by atoms with Crippen LogP contribution in [-0.4, -0.2) is 23.5 Å². The predicted molar refractivity (Wildman–Crippen MR) is 141 cm³/mol. The molecule has 1 N–H and O–H groups in total. The van der Waals surface area contributed by atoms with E-state index in [9.17, 15) is 9.59 Å². The van der Waals surface area contributed by atoms with Crippen molar-refractivity contribution in [2.75, 3.05) is 11.9 Å². The summed E-state index contributed by atoms with van der Waals surface area (Å²) >= 11 is 6.09. The van der Waals surface area contributed by atoms with E-state index in [0.29, 0.717) is 28.4 Å². The zero-order valence-electron chi connectivity index (χ0n) is 20.2. The van der Waals surface area contributed by atoms with Crippen LogP contribution in [0.1, 0.15) is 50.8 Å². The summed E-state index contributed by atoms with van der Waals surface area (Å²) in [6, 6.07) is 18.2. The molecule has 0 unspecified atom stereocenters. The molecule has 0 aliphatic carbocycles. The van der Waals surface area contributed by atoms with Gasteiger partial charge in [0.05, 0.1) is 28.9 Å². The Morgan fingerprint density at radius 1 is 0.971 bits per heavy atom. The summed E-state index contributed by atoms with van der Waals surface area (Å²) in [6.07, 6.45) is 0.760. The van der Waals surface area contributed by atoms with Gasteiger partial charge in [-0.1, -0.05) is 42.3 Å². The lowest BCUT2D eigenvalue weighted by Crippen LogP contribution is -2.16. The summed E-state index contributed by atoms with van der Waals surface area (Å²) < 4.78 is 5.17. The Hall–Kier alpha value is -3.70. The molecule has 0 radical (unpaired) electrons. The lowest BCUT2D eigenvalue weighted by molar-refractivity contribution is 0.0505. The molecular weight excluding hydrogens is 460 g/mol. The average Bonchev–Trinajstić information content (AvgIpc) is 2.83. The quantitative estimate of drug-likeness (QED) is 0.290. The molecule has 4 aromatic rings. The third-order valence-electron chi connectivity index (χ3n) is 5.83. The first-order chi connectivity index (χ1) is 16.8. The van der Waals surface area contributed by atoms with Crippen molar-refractivity contribution in [3.63, 3.8) is 0 Å². The fourth-order valence-electron chi connectivity index (χ4n) is 4.16. The minimum absolute atomic E-state index is 0.239. The zero-order chi connectivity index (χ0) is 25.1. The number of benzene rings is 3. The number of nitrogens with zero attached hydrogens (tertiary/aromatic N) is 1. The van der Waals surface area contributed by atoms with Crippen LogP contribution in [0.4, 0.5) is 5.69 Å². The van der Waals surface area contributed by atoms with Gasteiger partial charge in [0.2, 0.25) is 0 Å². The Morgan fingerprint density at radius 3 is 2.31 bits per heavy atom. The zero-order valence-corrected chi connectivity index (χ0v) is 21.0. The predicted octanol–water partition coefficient (Wildman–Crippen LogP) is 7.30. The van der Waals surface area contributed by atoms with Crippen LogP contribution >= 0.6 is 11.6 Å². The van der Waals surface area contributed by atoms with Gasteiger partial charge in [0.25, 0.3) is 5.91 Å². The fraction of sp³-hybridized carbons (Fsp3) is 0.207. The van der Waals surface area contributed by atoms with Crippen molar-refractivity contribution in [1.82, 2.24) is 4.98 Å². The maximum atomic E-state index is 13.6. The van der Waals surface area contributed by atoms with Crippen LogP contribution in [0.3, 0.4) is 0 Å². The molecule has 0 bridgehead atoms. The number of hydrogen-bond donors (Lipinski definition) is 1. The van der Waals surface area contributed by atoms with Crippen LogP contribution in [0.5, 0.6) is 0 Å². The van der Waals surface area contributed by atoms with Crippen molar-refractivity contribution in [2.24, 2.45) is 0 Å². The number of rotatable bonds is 6. The van der Waals surface area contributed by atoms with Gasteiger partial charge in [0.1, 0.15) is 0 Å². The minimum atomic E-state index is -0.376. The molecule has 0 spiro atoms. The summed E-state index contributed by atoms with van der Waals surface area (Å²) in [7, 11) is 0. The topological polar surface area (TPSA) is 68.3 Å². The first-order valence-electron chi connectivity index (χ1n) is 11.5. The average molecular weight is 487 g/mol. The number of hydrogen-bond acceptors (Lipinski definition) is 4. The van der Waals surface area contributed by atoms with Gasteiger partial charge in [-0.05, 0) is 80.8 Å². The molecule has 4 rings (SSSR count). The molecule has 1 amide bonds. The number of halogens is 1. The number of pyridine rings is 1. The number of carbonyl (C=O) groups is 2. The van der Waals surface area contributed by atoms with Crippen LogP contribution in [-0.2, 0) is 4.74 Å². The Kier molecular flexibility index (Phi) is 7.17. The van der Waals surface area contributed by atoms with Crippen LogP contribution in [0.15, 0.2) is 60.7 Å². The number of anilines is 1. The second-order valence-electron chi connectivity index (χ2n) is 8.61. The highest BCUT2D eigenvalue weighted by Gasteiger charge is 2.21. The third kappa shape index (κ3) is 5.20. The van der Waals surface area contributed by atoms with Crippen molar-refractivity contribution in [1.29, 1.82) is 0 Å². The summed E-state index contributed by atoms with van der Waals surface area (Å²) in [4.78, 5) is 30.6. The first-order valence-corrected chi connectivity index (χ1v) is 11.9. The number of ether oxygens (including phenoxy) is 1. The highest BCUT2D eigenvalue weighted by molar-refractivity contribution is 6.30. The lowest BCUT2D eigenvalue weighted by Gasteiger charge is -2.17. The molecule has 0 atom stereocenters. The molecule has 0 saturated carbocycles. The number of esters is 1. The number of aryl methyl sites for hydroxylation is 2. The third-order valence-corrected chi connectivity index (χ3v) is 6.08. The number of amides is 1. The molecule has 5 nitrogen and oxygen atoms in total. The number of aromatic nitrogens is 1. The second kappa shape index (κ2) is 10.3. The highest BCUT2D eigenvalue weighted by atomic mass is 35.5. The van der Waals surface area contributed by atoms with E-state index in [1.54, 1.807) is 24.3 Å². The SMILES string of the molecule is CCCOC(=O)c1ccc(NC(=O)c2c(C)c(-c3ccc(Cl)cc3)nc3c(C)cc(C)cc23)cc1. The molecule has 178 valence electrons. The van der Waals surface area contributed by atoms with Crippen molar-refractivity contribution in [2.45, 2.75) is 34.1 Å². The summed E-state index contributed by atoms with van der Waals surface area (Å²) in [6.45, 7) is 8.24. The van der Waals surface area contributed by atoms with Gasteiger partial charge in [-0.3, -0.25) is 4.79 Å². The Bertz CT molecular complexity index is 1410. The van der Waals surface area contributed by atoms with Gasteiger partial charge in [-0.2, -0.15) is 0 Å². The second-order valence-corrected chi connectivity index (χ2v) is 9.05. The molecule has 1 aromatic heterocycles. The van der Waals surface area contributed by atoms with Gasteiger partial charge in [0.15, 0.2) is 0 Å². The molecule has 3 aromatic carbocycles. The maximum Gasteiger partial charge on any atom is 0.338 e. The normalized spacial score (nSPS) is 10.9. The van der Waals surface area contributed by atoms with Crippen molar-refractivity contribution >= 4 is 40.1 Å². The highest BCUT2D eigenvalue weighted by Crippen LogP contribution is 2.33. The molecule has 6 heteroatoms. The molecule has 35 heavy (non-hydrogen) atoms. The van der Waals surface area contributed by atoms with Crippen LogP contribution in [0.25, 0.3) is 22.2 Å². The van der Waals surface area contributed by atoms with E-state index >= 15 is 0 Å².